The van der Waals surface area contributed by atoms with Crippen LogP contribution in [0.3, 0.4) is 0 Å². The third kappa shape index (κ3) is 3.70. The van der Waals surface area contributed by atoms with Crippen molar-refractivity contribution in [2.24, 2.45) is 0 Å². The number of benzene rings is 2. The van der Waals surface area contributed by atoms with Crippen molar-refractivity contribution in [2.75, 3.05) is 30.6 Å². The first-order valence-electron chi connectivity index (χ1n) is 6.78. The topological polar surface area (TPSA) is 15.3 Å². The summed E-state index contributed by atoms with van der Waals surface area (Å²) in [6, 6.07) is 17.5. The molecule has 0 aliphatic rings. The first-order valence-corrected chi connectivity index (χ1v) is 8.00. The summed E-state index contributed by atoms with van der Waals surface area (Å²) in [6.45, 7) is 2.19. The second kappa shape index (κ2) is 6.71. The van der Waals surface area contributed by atoms with Crippen molar-refractivity contribution in [1.82, 2.24) is 0 Å². The molecule has 0 amide bonds. The molecule has 0 aromatic heterocycles. The van der Waals surface area contributed by atoms with E-state index in [2.05, 4.69) is 86.0 Å². The lowest BCUT2D eigenvalue weighted by molar-refractivity contribution is 0.883. The van der Waals surface area contributed by atoms with Crippen molar-refractivity contribution in [1.29, 1.82) is 0 Å². The summed E-state index contributed by atoms with van der Waals surface area (Å²) in [6.07, 6.45) is 2.10. The molecular formula is C17H22N2S. The average molecular weight is 286 g/mol. The van der Waals surface area contributed by atoms with E-state index in [0.717, 1.165) is 5.69 Å². The van der Waals surface area contributed by atoms with Crippen LogP contribution in [0, 0.1) is 0 Å². The molecule has 0 bridgehead atoms. The number of rotatable bonds is 5. The van der Waals surface area contributed by atoms with Crippen LogP contribution in [0.1, 0.15) is 18.5 Å². The second-order valence-corrected chi connectivity index (χ2v) is 5.96. The van der Waals surface area contributed by atoms with Crippen LogP contribution in [0.4, 0.5) is 11.4 Å². The molecule has 0 heterocycles. The maximum absolute atomic E-state index is 3.54. The molecule has 20 heavy (non-hydrogen) atoms. The molecule has 1 unspecified atom stereocenters. The fraction of sp³-hybridized carbons (Fsp3) is 0.294. The smallest absolute Gasteiger partial charge is 0.0485 e. The number of anilines is 2. The van der Waals surface area contributed by atoms with Gasteiger partial charge in [0, 0.05) is 36.4 Å². The lowest BCUT2D eigenvalue weighted by Crippen LogP contribution is -2.09. The maximum atomic E-state index is 3.54. The van der Waals surface area contributed by atoms with Gasteiger partial charge in [-0.1, -0.05) is 12.1 Å². The highest BCUT2D eigenvalue weighted by Gasteiger charge is 2.05. The van der Waals surface area contributed by atoms with Gasteiger partial charge in [0.1, 0.15) is 0 Å². The minimum atomic E-state index is 0.302. The molecule has 0 aliphatic carbocycles. The van der Waals surface area contributed by atoms with Crippen LogP contribution < -0.4 is 10.2 Å². The molecular weight excluding hydrogens is 264 g/mol. The summed E-state index contributed by atoms with van der Waals surface area (Å²) in [5.74, 6) is 0. The Hall–Kier alpha value is -1.61. The predicted molar refractivity (Wildman–Crippen MR) is 91.0 cm³/mol. The van der Waals surface area contributed by atoms with Crippen LogP contribution in [-0.2, 0) is 0 Å². The zero-order chi connectivity index (χ0) is 14.5. The Bertz CT molecular complexity index is 532. The molecule has 1 atom stereocenters. The van der Waals surface area contributed by atoms with E-state index in [-0.39, 0.29) is 0 Å². The van der Waals surface area contributed by atoms with E-state index >= 15 is 0 Å². The number of hydrogen-bond acceptors (Lipinski definition) is 3. The lowest BCUT2D eigenvalue weighted by atomic mass is 10.1. The standard InChI is InChI=1S/C17H22N2S/c1-13(14-5-11-17(20-4)12-6-14)18-15-7-9-16(10-8-15)19(2)3/h5-13,18H,1-4H3. The normalized spacial score (nSPS) is 12.0. The van der Waals surface area contributed by atoms with Crippen LogP contribution in [0.2, 0.25) is 0 Å². The van der Waals surface area contributed by atoms with Gasteiger partial charge in [-0.3, -0.25) is 0 Å². The van der Waals surface area contributed by atoms with E-state index in [1.807, 2.05) is 0 Å². The highest BCUT2D eigenvalue weighted by Crippen LogP contribution is 2.23. The largest absolute Gasteiger partial charge is 0.379 e. The van der Waals surface area contributed by atoms with E-state index in [9.17, 15) is 0 Å². The zero-order valence-corrected chi connectivity index (χ0v) is 13.4. The molecule has 0 fully saturated rings. The summed E-state index contributed by atoms with van der Waals surface area (Å²) in [7, 11) is 4.11. The quantitative estimate of drug-likeness (QED) is 0.806. The van der Waals surface area contributed by atoms with Crippen molar-refractivity contribution in [3.05, 3.63) is 54.1 Å². The minimum absolute atomic E-state index is 0.302. The SMILES string of the molecule is CSc1ccc(C(C)Nc2ccc(N(C)C)cc2)cc1. The van der Waals surface area contributed by atoms with Crippen molar-refractivity contribution in [3.8, 4) is 0 Å². The van der Waals surface area contributed by atoms with Crippen LogP contribution in [0.15, 0.2) is 53.4 Å². The van der Waals surface area contributed by atoms with Gasteiger partial charge in [0.25, 0.3) is 0 Å². The molecule has 3 heteroatoms. The lowest BCUT2D eigenvalue weighted by Gasteiger charge is -2.18. The van der Waals surface area contributed by atoms with Crippen molar-refractivity contribution >= 4 is 23.1 Å². The van der Waals surface area contributed by atoms with Gasteiger partial charge in [-0.25, -0.2) is 0 Å². The molecule has 0 saturated heterocycles. The summed E-state index contributed by atoms with van der Waals surface area (Å²) in [5, 5.41) is 3.54. The Kier molecular flexibility index (Phi) is 4.96. The van der Waals surface area contributed by atoms with Crippen molar-refractivity contribution < 1.29 is 0 Å². The van der Waals surface area contributed by atoms with Gasteiger partial charge < -0.3 is 10.2 Å². The van der Waals surface area contributed by atoms with Crippen LogP contribution >= 0.6 is 11.8 Å². The molecule has 2 aromatic carbocycles. The fourth-order valence-corrected chi connectivity index (χ4v) is 2.49. The molecule has 0 radical (unpaired) electrons. The van der Waals surface area contributed by atoms with Gasteiger partial charge >= 0.3 is 0 Å². The van der Waals surface area contributed by atoms with Crippen molar-refractivity contribution in [3.63, 3.8) is 0 Å². The Balaban J connectivity index is 2.04. The fourth-order valence-electron chi connectivity index (χ4n) is 2.08. The molecule has 1 N–H and O–H groups in total. The molecule has 0 spiro atoms. The summed E-state index contributed by atoms with van der Waals surface area (Å²) in [4.78, 5) is 3.41. The van der Waals surface area contributed by atoms with Gasteiger partial charge in [-0.05, 0) is 55.1 Å². The molecule has 0 aliphatic heterocycles. The third-order valence-electron chi connectivity index (χ3n) is 3.38. The van der Waals surface area contributed by atoms with Crippen LogP contribution in [0.25, 0.3) is 0 Å². The Morgan fingerprint density at radius 1 is 0.950 bits per heavy atom. The van der Waals surface area contributed by atoms with Crippen LogP contribution in [-0.4, -0.2) is 20.4 Å². The van der Waals surface area contributed by atoms with Gasteiger partial charge in [-0.2, -0.15) is 0 Å². The number of thioether (sulfide) groups is 1. The summed E-state index contributed by atoms with van der Waals surface area (Å²) < 4.78 is 0. The van der Waals surface area contributed by atoms with E-state index < -0.39 is 0 Å². The predicted octanol–water partition coefficient (Wildman–Crippen LogP) is 4.65. The van der Waals surface area contributed by atoms with Crippen molar-refractivity contribution in [2.45, 2.75) is 17.9 Å². The van der Waals surface area contributed by atoms with Crippen LogP contribution in [0.5, 0.6) is 0 Å². The molecule has 2 nitrogen and oxygen atoms in total. The number of hydrogen-bond donors (Lipinski definition) is 1. The molecule has 2 rings (SSSR count). The zero-order valence-electron chi connectivity index (χ0n) is 12.6. The Morgan fingerprint density at radius 2 is 1.55 bits per heavy atom. The minimum Gasteiger partial charge on any atom is -0.379 e. The summed E-state index contributed by atoms with van der Waals surface area (Å²) >= 11 is 1.77. The Morgan fingerprint density at radius 3 is 2.05 bits per heavy atom. The first kappa shape index (κ1) is 14.8. The van der Waals surface area contributed by atoms with Gasteiger partial charge in [0.05, 0.1) is 0 Å². The Labute approximate surface area is 126 Å². The highest BCUT2D eigenvalue weighted by molar-refractivity contribution is 7.98. The van der Waals surface area contributed by atoms with E-state index in [1.54, 1.807) is 11.8 Å². The van der Waals surface area contributed by atoms with Gasteiger partial charge in [-0.15, -0.1) is 11.8 Å². The summed E-state index contributed by atoms with van der Waals surface area (Å²) in [5.41, 5.74) is 3.67. The van der Waals surface area contributed by atoms with Gasteiger partial charge in [0.15, 0.2) is 0 Å². The highest BCUT2D eigenvalue weighted by atomic mass is 32.2. The van der Waals surface area contributed by atoms with Gasteiger partial charge in [0.2, 0.25) is 0 Å². The second-order valence-electron chi connectivity index (χ2n) is 5.08. The molecule has 0 saturated carbocycles. The average Bonchev–Trinajstić information content (AvgIpc) is 2.48. The molecule has 106 valence electrons. The number of nitrogens with one attached hydrogen (secondary N) is 1. The maximum Gasteiger partial charge on any atom is 0.0485 e. The van der Waals surface area contributed by atoms with E-state index in [0.29, 0.717) is 6.04 Å². The monoisotopic (exact) mass is 286 g/mol. The van der Waals surface area contributed by atoms with E-state index in [4.69, 9.17) is 0 Å². The van der Waals surface area contributed by atoms with E-state index in [1.165, 1.54) is 16.1 Å². The number of nitrogens with zero attached hydrogens (tertiary/aromatic N) is 1. The first-order chi connectivity index (χ1) is 9.60. The third-order valence-corrected chi connectivity index (χ3v) is 4.13. The molecule has 2 aromatic rings.